The maximum Gasteiger partial charge on any atom is 0.407 e. The molecule has 0 aliphatic carbocycles. The van der Waals surface area contributed by atoms with Gasteiger partial charge in [0.25, 0.3) is 5.91 Å². The van der Waals surface area contributed by atoms with Crippen molar-refractivity contribution in [2.24, 2.45) is 0 Å². The van der Waals surface area contributed by atoms with Gasteiger partial charge in [0.1, 0.15) is 18.0 Å². The first kappa shape index (κ1) is 22.2. The van der Waals surface area contributed by atoms with Crippen molar-refractivity contribution in [1.29, 1.82) is 0 Å². The molecule has 0 radical (unpaired) electrons. The number of aldehydes is 1. The topological polar surface area (TPSA) is 105 Å². The molecule has 0 saturated heterocycles. The highest BCUT2D eigenvalue weighted by molar-refractivity contribution is 5.86. The lowest BCUT2D eigenvalue weighted by molar-refractivity contribution is -0.167. The van der Waals surface area contributed by atoms with Gasteiger partial charge in [-0.15, -0.1) is 0 Å². The number of halogens is 2. The lowest BCUT2D eigenvalue weighted by Gasteiger charge is -2.30. The van der Waals surface area contributed by atoms with Crippen LogP contribution >= 0.6 is 0 Å². The molecule has 0 fully saturated rings. The highest BCUT2D eigenvalue weighted by Crippen LogP contribution is 2.24. The maximum absolute atomic E-state index is 14.1. The molecule has 24 heavy (non-hydrogen) atoms. The summed E-state index contributed by atoms with van der Waals surface area (Å²) in [7, 11) is 0. The summed E-state index contributed by atoms with van der Waals surface area (Å²) < 4.78 is 33.2. The van der Waals surface area contributed by atoms with Crippen LogP contribution in [0.25, 0.3) is 0 Å². The van der Waals surface area contributed by atoms with Crippen molar-refractivity contribution < 1.29 is 33.0 Å². The van der Waals surface area contributed by atoms with E-state index in [0.717, 1.165) is 0 Å². The second-order valence-corrected chi connectivity index (χ2v) is 6.51. The van der Waals surface area contributed by atoms with Gasteiger partial charge in [-0.3, -0.25) is 4.79 Å². The molecule has 0 aromatic heterocycles. The Morgan fingerprint density at radius 2 is 1.79 bits per heavy atom. The first-order valence-electron chi connectivity index (χ1n) is 7.66. The van der Waals surface area contributed by atoms with Crippen LogP contribution in [0.2, 0.25) is 0 Å². The highest BCUT2D eigenvalue weighted by atomic mass is 19.3. The summed E-state index contributed by atoms with van der Waals surface area (Å²) in [5, 5.41) is 13.8. The van der Waals surface area contributed by atoms with Crippen LogP contribution in [0.5, 0.6) is 0 Å². The van der Waals surface area contributed by atoms with E-state index in [0.29, 0.717) is 6.42 Å². The molecule has 0 bridgehead atoms. The minimum absolute atomic E-state index is 0.00646. The van der Waals surface area contributed by atoms with Crippen molar-refractivity contribution in [2.45, 2.75) is 77.2 Å². The number of nitrogens with one attached hydrogen (secondary N) is 2. The number of ether oxygens (including phenoxy) is 1. The minimum Gasteiger partial charge on any atom is -0.444 e. The standard InChI is InChI=1S/C15H26F2N2O5/c1-6-7-10(19-13(23)24-14(3,4)5)11(21)15(16,17)12(22)18-9(2)8-20/h8-11,21H,6-7H2,1-5H3,(H,18,22)(H,19,23)/t9-,10-,11?/m0/s1. The van der Waals surface area contributed by atoms with E-state index in [1.165, 1.54) is 6.92 Å². The number of carbonyl (C=O) groups excluding carboxylic acids is 3. The summed E-state index contributed by atoms with van der Waals surface area (Å²) in [5.74, 6) is -5.98. The van der Waals surface area contributed by atoms with Crippen LogP contribution in [0.1, 0.15) is 47.5 Å². The van der Waals surface area contributed by atoms with E-state index in [1.54, 1.807) is 33.0 Å². The number of alkyl carbamates (subject to hydrolysis) is 1. The fraction of sp³-hybridized carbons (Fsp3) is 0.800. The van der Waals surface area contributed by atoms with E-state index in [-0.39, 0.29) is 12.7 Å². The molecule has 0 aromatic rings. The van der Waals surface area contributed by atoms with E-state index in [4.69, 9.17) is 4.74 Å². The Hall–Kier alpha value is -1.77. The summed E-state index contributed by atoms with van der Waals surface area (Å²) in [6, 6.07) is -2.52. The Balaban J connectivity index is 5.11. The fourth-order valence-electron chi connectivity index (χ4n) is 1.80. The Bertz CT molecular complexity index is 452. The molecule has 0 saturated carbocycles. The van der Waals surface area contributed by atoms with Gasteiger partial charge in [0, 0.05) is 0 Å². The molecule has 1 unspecified atom stereocenters. The number of aliphatic hydroxyl groups is 1. The third-order valence-electron chi connectivity index (χ3n) is 2.92. The van der Waals surface area contributed by atoms with Crippen LogP contribution in [0.3, 0.4) is 0 Å². The van der Waals surface area contributed by atoms with E-state index in [1.807, 2.05) is 0 Å². The van der Waals surface area contributed by atoms with E-state index in [9.17, 15) is 28.3 Å². The zero-order chi connectivity index (χ0) is 19.1. The zero-order valence-electron chi connectivity index (χ0n) is 14.6. The molecule has 3 N–H and O–H groups in total. The van der Waals surface area contributed by atoms with E-state index >= 15 is 0 Å². The second kappa shape index (κ2) is 8.91. The summed E-state index contributed by atoms with van der Waals surface area (Å²) in [6.07, 6.45) is -2.78. The SMILES string of the molecule is CCC[C@H](NC(=O)OC(C)(C)C)C(O)C(F)(F)C(=O)N[C@@H](C)C=O. The zero-order valence-corrected chi connectivity index (χ0v) is 14.6. The van der Waals surface area contributed by atoms with E-state index < -0.39 is 41.7 Å². The van der Waals surface area contributed by atoms with Crippen LogP contribution in [-0.4, -0.2) is 53.1 Å². The Labute approximate surface area is 140 Å². The predicted octanol–water partition coefficient (Wildman–Crippen LogP) is 1.38. The molecule has 3 atom stereocenters. The third kappa shape index (κ3) is 7.20. The van der Waals surface area contributed by atoms with Crippen molar-refractivity contribution in [3.8, 4) is 0 Å². The van der Waals surface area contributed by atoms with Crippen molar-refractivity contribution in [1.82, 2.24) is 10.6 Å². The number of aliphatic hydroxyl groups excluding tert-OH is 1. The lowest BCUT2D eigenvalue weighted by Crippen LogP contribution is -2.58. The van der Waals surface area contributed by atoms with Gasteiger partial charge >= 0.3 is 12.0 Å². The first-order chi connectivity index (χ1) is 10.8. The Morgan fingerprint density at radius 3 is 2.21 bits per heavy atom. The van der Waals surface area contributed by atoms with Crippen molar-refractivity contribution in [2.75, 3.05) is 0 Å². The number of amides is 2. The van der Waals surface area contributed by atoms with Crippen LogP contribution in [0.15, 0.2) is 0 Å². The lowest BCUT2D eigenvalue weighted by atomic mass is 9.99. The average Bonchev–Trinajstić information content (AvgIpc) is 2.43. The van der Waals surface area contributed by atoms with Crippen LogP contribution in [0.4, 0.5) is 13.6 Å². The predicted molar refractivity (Wildman–Crippen MR) is 82.7 cm³/mol. The largest absolute Gasteiger partial charge is 0.444 e. The van der Waals surface area contributed by atoms with Gasteiger partial charge in [0.05, 0.1) is 12.1 Å². The van der Waals surface area contributed by atoms with Gasteiger partial charge in [0.2, 0.25) is 0 Å². The molecule has 7 nitrogen and oxygen atoms in total. The summed E-state index contributed by atoms with van der Waals surface area (Å²) in [5.41, 5.74) is -0.842. The fourth-order valence-corrected chi connectivity index (χ4v) is 1.80. The first-order valence-corrected chi connectivity index (χ1v) is 7.66. The number of carbonyl (C=O) groups is 3. The molecular formula is C15H26F2N2O5. The van der Waals surface area contributed by atoms with Gasteiger partial charge in [-0.05, 0) is 34.1 Å². The molecule has 9 heteroatoms. The smallest absolute Gasteiger partial charge is 0.407 e. The molecule has 0 rings (SSSR count). The van der Waals surface area contributed by atoms with Crippen LogP contribution in [-0.2, 0) is 14.3 Å². The quantitative estimate of drug-likeness (QED) is 0.573. The Morgan fingerprint density at radius 1 is 1.25 bits per heavy atom. The molecule has 140 valence electrons. The number of rotatable bonds is 8. The van der Waals surface area contributed by atoms with Crippen molar-refractivity contribution >= 4 is 18.3 Å². The average molecular weight is 352 g/mol. The molecule has 0 spiro atoms. The third-order valence-corrected chi connectivity index (χ3v) is 2.92. The Kier molecular flexibility index (Phi) is 8.25. The monoisotopic (exact) mass is 352 g/mol. The highest BCUT2D eigenvalue weighted by Gasteiger charge is 2.50. The van der Waals surface area contributed by atoms with Gasteiger partial charge in [-0.1, -0.05) is 13.3 Å². The van der Waals surface area contributed by atoms with Crippen molar-refractivity contribution in [3.63, 3.8) is 0 Å². The second-order valence-electron chi connectivity index (χ2n) is 6.51. The number of hydrogen-bond acceptors (Lipinski definition) is 5. The minimum atomic E-state index is -4.19. The maximum atomic E-state index is 14.1. The van der Waals surface area contributed by atoms with Gasteiger partial charge in [-0.2, -0.15) is 8.78 Å². The molecule has 0 aromatic carbocycles. The number of hydrogen-bond donors (Lipinski definition) is 3. The molecule has 0 heterocycles. The van der Waals surface area contributed by atoms with Gasteiger partial charge in [-0.25, -0.2) is 4.79 Å². The molecular weight excluding hydrogens is 326 g/mol. The summed E-state index contributed by atoms with van der Waals surface area (Å²) >= 11 is 0. The van der Waals surface area contributed by atoms with Crippen LogP contribution in [0, 0.1) is 0 Å². The number of alkyl halides is 2. The van der Waals surface area contributed by atoms with Crippen molar-refractivity contribution in [3.05, 3.63) is 0 Å². The normalized spacial score (nSPS) is 15.8. The van der Waals surface area contributed by atoms with E-state index in [2.05, 4.69) is 5.32 Å². The summed E-state index contributed by atoms with van der Waals surface area (Å²) in [4.78, 5) is 33.8. The van der Waals surface area contributed by atoms with Gasteiger partial charge in [0.15, 0.2) is 0 Å². The van der Waals surface area contributed by atoms with Crippen LogP contribution < -0.4 is 10.6 Å². The van der Waals surface area contributed by atoms with Gasteiger partial charge < -0.3 is 25.3 Å². The molecule has 0 aliphatic rings. The molecule has 0 aliphatic heterocycles. The summed E-state index contributed by atoms with van der Waals surface area (Å²) in [6.45, 7) is 7.68. The molecule has 2 amide bonds.